The highest BCUT2D eigenvalue weighted by Gasteiger charge is 2.39. The van der Waals surface area contributed by atoms with Gasteiger partial charge in [-0.05, 0) is 62.1 Å². The minimum Gasteiger partial charge on any atom is -0.369 e. The Hall–Kier alpha value is -2.34. The summed E-state index contributed by atoms with van der Waals surface area (Å²) < 4.78 is 28.0. The van der Waals surface area contributed by atoms with Gasteiger partial charge in [-0.3, -0.25) is 9.10 Å². The van der Waals surface area contributed by atoms with Gasteiger partial charge in [-0.1, -0.05) is 24.3 Å². The summed E-state index contributed by atoms with van der Waals surface area (Å²) >= 11 is 0. The number of amides is 1. The second kappa shape index (κ2) is 6.19. The Bertz CT molecular complexity index is 937. The van der Waals surface area contributed by atoms with Crippen LogP contribution in [-0.2, 0) is 14.8 Å². The molecule has 0 saturated carbocycles. The minimum atomic E-state index is -3.73. The Balaban J connectivity index is 2.16. The lowest BCUT2D eigenvalue weighted by Crippen LogP contribution is -2.45. The summed E-state index contributed by atoms with van der Waals surface area (Å²) in [5, 5.41) is 0. The number of para-hydroxylation sites is 1. The SMILES string of the molecule is Cc1ccc(S(=O)(=O)N2c3ccccc3[C@H](C(N)=O)C[C@@H]2C)cc1C. The smallest absolute Gasteiger partial charge is 0.264 e. The van der Waals surface area contributed by atoms with Gasteiger partial charge in [0, 0.05) is 6.04 Å². The second-order valence-corrected chi connectivity index (χ2v) is 8.46. The van der Waals surface area contributed by atoms with Crippen molar-refractivity contribution in [2.75, 3.05) is 4.31 Å². The summed E-state index contributed by atoms with van der Waals surface area (Å²) in [5.74, 6) is -0.903. The molecule has 25 heavy (non-hydrogen) atoms. The molecular formula is C19H22N2O3S. The van der Waals surface area contributed by atoms with E-state index in [-0.39, 0.29) is 10.9 Å². The molecule has 1 aliphatic heterocycles. The lowest BCUT2D eigenvalue weighted by Gasteiger charge is -2.38. The molecule has 1 heterocycles. The fraction of sp³-hybridized carbons (Fsp3) is 0.316. The molecule has 5 nitrogen and oxygen atoms in total. The van der Waals surface area contributed by atoms with Gasteiger partial charge in [0.05, 0.1) is 16.5 Å². The first-order chi connectivity index (χ1) is 11.7. The predicted octanol–water partition coefficient (Wildman–Crippen LogP) is 2.86. The molecule has 0 spiro atoms. The van der Waals surface area contributed by atoms with Crippen LogP contribution in [0.2, 0.25) is 0 Å². The topological polar surface area (TPSA) is 80.5 Å². The normalized spacial score (nSPS) is 20.2. The molecule has 1 aliphatic rings. The van der Waals surface area contributed by atoms with Crippen LogP contribution in [0, 0.1) is 13.8 Å². The lowest BCUT2D eigenvalue weighted by atomic mass is 9.87. The van der Waals surface area contributed by atoms with Crippen LogP contribution in [0.15, 0.2) is 47.4 Å². The Morgan fingerprint density at radius 2 is 1.80 bits per heavy atom. The predicted molar refractivity (Wildman–Crippen MR) is 98.0 cm³/mol. The van der Waals surface area contributed by atoms with E-state index in [1.54, 1.807) is 36.4 Å². The summed E-state index contributed by atoms with van der Waals surface area (Å²) in [6, 6.07) is 11.9. The molecule has 0 aliphatic carbocycles. The molecule has 0 radical (unpaired) electrons. The average molecular weight is 358 g/mol. The fourth-order valence-corrected chi connectivity index (χ4v) is 5.19. The molecule has 132 valence electrons. The van der Waals surface area contributed by atoms with Gasteiger partial charge in [-0.2, -0.15) is 0 Å². The van der Waals surface area contributed by atoms with Crippen molar-refractivity contribution >= 4 is 21.6 Å². The summed E-state index contributed by atoms with van der Waals surface area (Å²) in [6.45, 7) is 5.65. The number of sulfonamides is 1. The Kier molecular flexibility index (Phi) is 4.33. The lowest BCUT2D eigenvalue weighted by molar-refractivity contribution is -0.119. The largest absolute Gasteiger partial charge is 0.369 e. The van der Waals surface area contributed by atoms with Crippen LogP contribution in [0.25, 0.3) is 0 Å². The van der Waals surface area contributed by atoms with Crippen LogP contribution in [-0.4, -0.2) is 20.4 Å². The van der Waals surface area contributed by atoms with Crippen LogP contribution < -0.4 is 10.0 Å². The maximum absolute atomic E-state index is 13.3. The molecule has 0 saturated heterocycles. The summed E-state index contributed by atoms with van der Waals surface area (Å²) in [5.41, 5.74) is 8.70. The van der Waals surface area contributed by atoms with Gasteiger partial charge in [0.2, 0.25) is 5.91 Å². The van der Waals surface area contributed by atoms with Crippen molar-refractivity contribution in [3.8, 4) is 0 Å². The van der Waals surface area contributed by atoms with Crippen LogP contribution >= 0.6 is 0 Å². The molecule has 2 atom stereocenters. The van der Waals surface area contributed by atoms with Crippen molar-refractivity contribution in [2.24, 2.45) is 5.73 Å². The molecule has 0 aromatic heterocycles. The van der Waals surface area contributed by atoms with E-state index in [0.717, 1.165) is 11.1 Å². The number of hydrogen-bond donors (Lipinski definition) is 1. The van der Waals surface area contributed by atoms with Gasteiger partial charge in [-0.15, -0.1) is 0 Å². The number of benzene rings is 2. The van der Waals surface area contributed by atoms with Gasteiger partial charge in [0.15, 0.2) is 0 Å². The standard InChI is InChI=1S/C19H22N2O3S/c1-12-8-9-15(10-13(12)2)25(23,24)21-14(3)11-17(19(20)22)16-6-4-5-7-18(16)21/h4-10,14,17H,11H2,1-3H3,(H2,20,22)/t14-,17+/m0/s1. The first kappa shape index (κ1) is 17.5. The molecule has 0 bridgehead atoms. The fourth-order valence-electron chi connectivity index (χ4n) is 3.41. The third-order valence-corrected chi connectivity index (χ3v) is 6.83. The highest BCUT2D eigenvalue weighted by atomic mass is 32.2. The van der Waals surface area contributed by atoms with Crippen molar-refractivity contribution < 1.29 is 13.2 Å². The van der Waals surface area contributed by atoms with Crippen LogP contribution in [0.5, 0.6) is 0 Å². The maximum atomic E-state index is 13.3. The van der Waals surface area contributed by atoms with Crippen LogP contribution in [0.1, 0.15) is 36.0 Å². The molecular weight excluding hydrogens is 336 g/mol. The monoisotopic (exact) mass is 358 g/mol. The van der Waals surface area contributed by atoms with Crippen molar-refractivity contribution in [3.63, 3.8) is 0 Å². The number of anilines is 1. The summed E-state index contributed by atoms with van der Waals surface area (Å²) in [6.07, 6.45) is 0.371. The highest BCUT2D eigenvalue weighted by Crippen LogP contribution is 2.41. The van der Waals surface area contributed by atoms with E-state index in [1.165, 1.54) is 4.31 Å². The summed E-state index contributed by atoms with van der Waals surface area (Å²) in [7, 11) is -3.73. The number of carbonyl (C=O) groups is 1. The van der Waals surface area contributed by atoms with Crippen molar-refractivity contribution in [1.82, 2.24) is 0 Å². The highest BCUT2D eigenvalue weighted by molar-refractivity contribution is 7.92. The third-order valence-electron chi connectivity index (χ3n) is 4.91. The average Bonchev–Trinajstić information content (AvgIpc) is 2.56. The van der Waals surface area contributed by atoms with Crippen molar-refractivity contribution in [1.29, 1.82) is 0 Å². The van der Waals surface area contributed by atoms with Gasteiger partial charge in [-0.25, -0.2) is 8.42 Å². The van der Waals surface area contributed by atoms with Crippen LogP contribution in [0.4, 0.5) is 5.69 Å². The zero-order valence-corrected chi connectivity index (χ0v) is 15.4. The number of hydrogen-bond acceptors (Lipinski definition) is 3. The van der Waals surface area contributed by atoms with Gasteiger partial charge < -0.3 is 5.73 Å². The number of carbonyl (C=O) groups excluding carboxylic acids is 1. The zero-order chi connectivity index (χ0) is 18.4. The molecule has 2 aromatic rings. The molecule has 2 N–H and O–H groups in total. The third kappa shape index (κ3) is 2.91. The number of rotatable bonds is 3. The maximum Gasteiger partial charge on any atom is 0.264 e. The van der Waals surface area contributed by atoms with Gasteiger partial charge >= 0.3 is 0 Å². The zero-order valence-electron chi connectivity index (χ0n) is 14.6. The van der Waals surface area contributed by atoms with Crippen molar-refractivity contribution in [3.05, 3.63) is 59.2 Å². The Morgan fingerprint density at radius 1 is 1.12 bits per heavy atom. The minimum absolute atomic E-state index is 0.259. The Labute approximate surface area is 148 Å². The van der Waals surface area contributed by atoms with Gasteiger partial charge in [0.1, 0.15) is 0 Å². The summed E-state index contributed by atoms with van der Waals surface area (Å²) in [4.78, 5) is 12.1. The van der Waals surface area contributed by atoms with Gasteiger partial charge in [0.25, 0.3) is 10.0 Å². The second-order valence-electron chi connectivity index (χ2n) is 6.65. The van der Waals surface area contributed by atoms with Crippen LogP contribution in [0.3, 0.4) is 0 Å². The number of nitrogens with two attached hydrogens (primary N) is 1. The van der Waals surface area contributed by atoms with E-state index in [1.807, 2.05) is 26.8 Å². The first-order valence-electron chi connectivity index (χ1n) is 8.23. The number of aryl methyl sites for hydroxylation is 2. The van der Waals surface area contributed by atoms with E-state index in [0.29, 0.717) is 17.7 Å². The van der Waals surface area contributed by atoms with E-state index < -0.39 is 21.8 Å². The number of nitrogens with zero attached hydrogens (tertiary/aromatic N) is 1. The molecule has 6 heteroatoms. The first-order valence-corrected chi connectivity index (χ1v) is 9.67. The van der Waals surface area contributed by atoms with E-state index in [2.05, 4.69) is 0 Å². The number of primary amides is 1. The van der Waals surface area contributed by atoms with E-state index >= 15 is 0 Å². The quantitative estimate of drug-likeness (QED) is 0.916. The molecule has 3 rings (SSSR count). The molecule has 1 amide bonds. The van der Waals surface area contributed by atoms with E-state index in [9.17, 15) is 13.2 Å². The molecule has 0 unspecified atom stereocenters. The van der Waals surface area contributed by atoms with Crippen molar-refractivity contribution in [2.45, 2.75) is 44.0 Å². The van der Waals surface area contributed by atoms with E-state index in [4.69, 9.17) is 5.73 Å². The molecule has 0 fully saturated rings. The molecule has 2 aromatic carbocycles. The Morgan fingerprint density at radius 3 is 2.44 bits per heavy atom. The number of fused-ring (bicyclic) bond motifs is 1.